The fraction of sp³-hybridized carbons (Fsp3) is 0. The zero-order valence-electron chi connectivity index (χ0n) is 13.2. The first-order chi connectivity index (χ1) is 12.3. The number of hydrogen-bond donors (Lipinski definition) is 0. The van der Waals surface area contributed by atoms with Crippen molar-refractivity contribution in [1.29, 1.82) is 0 Å². The van der Waals surface area contributed by atoms with Gasteiger partial charge in [0.2, 0.25) is 0 Å². The molecule has 5 heteroatoms. The first kappa shape index (κ1) is 15.6. The normalized spacial score (nSPS) is 10.6. The number of hydrogen-bond acceptors (Lipinski definition) is 4. The average molecular weight is 389 g/mol. The van der Waals surface area contributed by atoms with Gasteiger partial charge in [-0.15, -0.1) is 0 Å². The summed E-state index contributed by atoms with van der Waals surface area (Å²) in [5.74, 6) is 0. The highest BCUT2D eigenvalue weighted by Crippen LogP contribution is 2.29. The fourth-order valence-corrected chi connectivity index (χ4v) is 2.93. The predicted molar refractivity (Wildman–Crippen MR) is 102 cm³/mol. The van der Waals surface area contributed by atoms with Gasteiger partial charge < -0.3 is 0 Å². The van der Waals surface area contributed by atoms with Crippen LogP contribution in [0.5, 0.6) is 0 Å². The lowest BCUT2D eigenvalue weighted by atomic mass is 10.0. The SMILES string of the molecule is Brc1cccc(-c2cc(-c3ccncc3)nc(-c3ccncc3)c2)n1. The smallest absolute Gasteiger partial charge is 0.106 e. The molecule has 120 valence electrons. The Balaban J connectivity index is 1.92. The molecule has 0 bridgehead atoms. The molecule has 0 aliphatic carbocycles. The van der Waals surface area contributed by atoms with Crippen molar-refractivity contribution in [3.05, 3.63) is 84.0 Å². The van der Waals surface area contributed by atoms with Gasteiger partial charge in [-0.3, -0.25) is 9.97 Å². The van der Waals surface area contributed by atoms with E-state index in [0.717, 1.165) is 38.4 Å². The molecule has 25 heavy (non-hydrogen) atoms. The second-order valence-electron chi connectivity index (χ2n) is 5.44. The van der Waals surface area contributed by atoms with Crippen LogP contribution in [0.4, 0.5) is 0 Å². The van der Waals surface area contributed by atoms with Crippen LogP contribution < -0.4 is 0 Å². The Morgan fingerprint density at radius 1 is 0.560 bits per heavy atom. The number of aromatic nitrogens is 4. The third-order valence-corrected chi connectivity index (χ3v) is 4.23. The highest BCUT2D eigenvalue weighted by molar-refractivity contribution is 9.10. The van der Waals surface area contributed by atoms with Gasteiger partial charge in [0.1, 0.15) is 4.60 Å². The van der Waals surface area contributed by atoms with Crippen molar-refractivity contribution in [2.75, 3.05) is 0 Å². The van der Waals surface area contributed by atoms with E-state index in [1.165, 1.54) is 0 Å². The van der Waals surface area contributed by atoms with E-state index in [0.29, 0.717) is 0 Å². The van der Waals surface area contributed by atoms with Gasteiger partial charge in [-0.1, -0.05) is 6.07 Å². The van der Waals surface area contributed by atoms with Gasteiger partial charge in [0, 0.05) is 41.5 Å². The molecule has 0 aromatic carbocycles. The van der Waals surface area contributed by atoms with Gasteiger partial charge in [-0.05, 0) is 64.5 Å². The Hall–Kier alpha value is -2.92. The lowest BCUT2D eigenvalue weighted by Gasteiger charge is -2.09. The second kappa shape index (κ2) is 6.91. The van der Waals surface area contributed by atoms with Gasteiger partial charge in [-0.2, -0.15) is 0 Å². The molecule has 4 heterocycles. The molecule has 4 nitrogen and oxygen atoms in total. The lowest BCUT2D eigenvalue weighted by Crippen LogP contribution is -1.93. The van der Waals surface area contributed by atoms with E-state index in [9.17, 15) is 0 Å². The number of rotatable bonds is 3. The average Bonchev–Trinajstić information content (AvgIpc) is 2.69. The van der Waals surface area contributed by atoms with Gasteiger partial charge in [-0.25, -0.2) is 9.97 Å². The largest absolute Gasteiger partial charge is 0.265 e. The summed E-state index contributed by atoms with van der Waals surface area (Å²) in [7, 11) is 0. The summed E-state index contributed by atoms with van der Waals surface area (Å²) in [5, 5.41) is 0. The van der Waals surface area contributed by atoms with Crippen LogP contribution in [0.15, 0.2) is 84.0 Å². The molecule has 0 unspecified atom stereocenters. The van der Waals surface area contributed by atoms with Crippen molar-refractivity contribution in [3.8, 4) is 33.8 Å². The summed E-state index contributed by atoms with van der Waals surface area (Å²) in [4.78, 5) is 17.6. The fourth-order valence-electron chi connectivity index (χ4n) is 2.59. The molecule has 0 spiro atoms. The van der Waals surface area contributed by atoms with E-state index in [2.05, 4.69) is 43.0 Å². The second-order valence-corrected chi connectivity index (χ2v) is 6.26. The Morgan fingerprint density at radius 3 is 1.64 bits per heavy atom. The summed E-state index contributed by atoms with van der Waals surface area (Å²) >= 11 is 3.44. The molecule has 0 saturated heterocycles. The van der Waals surface area contributed by atoms with Gasteiger partial charge in [0.15, 0.2) is 0 Å². The summed E-state index contributed by atoms with van der Waals surface area (Å²) in [6.07, 6.45) is 7.08. The Bertz CT molecular complexity index is 947. The molecular weight excluding hydrogens is 376 g/mol. The van der Waals surface area contributed by atoms with Gasteiger partial charge >= 0.3 is 0 Å². The predicted octanol–water partition coefficient (Wildman–Crippen LogP) is 5.03. The maximum atomic E-state index is 4.83. The summed E-state index contributed by atoms with van der Waals surface area (Å²) < 4.78 is 0.803. The van der Waals surface area contributed by atoms with Crippen LogP contribution >= 0.6 is 15.9 Å². The van der Waals surface area contributed by atoms with Crippen LogP contribution in [0, 0.1) is 0 Å². The van der Waals surface area contributed by atoms with Crippen molar-refractivity contribution < 1.29 is 0 Å². The van der Waals surface area contributed by atoms with Crippen LogP contribution in [0.2, 0.25) is 0 Å². The van der Waals surface area contributed by atoms with Gasteiger partial charge in [0.25, 0.3) is 0 Å². The number of halogens is 1. The minimum atomic E-state index is 0.803. The molecule has 0 fully saturated rings. The van der Waals surface area contributed by atoms with E-state index in [4.69, 9.17) is 4.98 Å². The molecular formula is C20H13BrN4. The van der Waals surface area contributed by atoms with Crippen molar-refractivity contribution >= 4 is 15.9 Å². The third-order valence-electron chi connectivity index (χ3n) is 3.79. The molecule has 0 N–H and O–H groups in total. The van der Waals surface area contributed by atoms with Gasteiger partial charge in [0.05, 0.1) is 17.1 Å². The minimum Gasteiger partial charge on any atom is -0.265 e. The first-order valence-electron chi connectivity index (χ1n) is 7.75. The number of nitrogens with zero attached hydrogens (tertiary/aromatic N) is 4. The molecule has 4 aromatic rings. The van der Waals surface area contributed by atoms with E-state index in [-0.39, 0.29) is 0 Å². The molecule has 0 saturated carbocycles. The lowest BCUT2D eigenvalue weighted by molar-refractivity contribution is 1.25. The monoisotopic (exact) mass is 388 g/mol. The quantitative estimate of drug-likeness (QED) is 0.461. The molecule has 0 aliphatic heterocycles. The molecule has 0 radical (unpaired) electrons. The van der Waals surface area contributed by atoms with E-state index in [1.54, 1.807) is 24.8 Å². The van der Waals surface area contributed by atoms with Crippen LogP contribution in [0.1, 0.15) is 0 Å². The maximum absolute atomic E-state index is 4.83. The molecule has 4 rings (SSSR count). The van der Waals surface area contributed by atoms with Crippen LogP contribution in [0.3, 0.4) is 0 Å². The van der Waals surface area contributed by atoms with Crippen molar-refractivity contribution in [2.45, 2.75) is 0 Å². The van der Waals surface area contributed by atoms with Crippen LogP contribution in [-0.2, 0) is 0 Å². The van der Waals surface area contributed by atoms with E-state index in [1.807, 2.05) is 42.5 Å². The number of pyridine rings is 4. The Kier molecular flexibility index (Phi) is 4.31. The standard InChI is InChI=1S/C20H13BrN4/c21-20-3-1-2-17(25-20)16-12-18(14-4-8-22-9-5-14)24-19(13-16)15-6-10-23-11-7-15/h1-13H. The zero-order chi connectivity index (χ0) is 17.1. The minimum absolute atomic E-state index is 0.803. The van der Waals surface area contributed by atoms with Crippen molar-refractivity contribution in [1.82, 2.24) is 19.9 Å². The Labute approximate surface area is 153 Å². The van der Waals surface area contributed by atoms with Crippen LogP contribution in [0.25, 0.3) is 33.8 Å². The molecule has 4 aromatic heterocycles. The molecule has 0 aliphatic rings. The van der Waals surface area contributed by atoms with Crippen molar-refractivity contribution in [3.63, 3.8) is 0 Å². The zero-order valence-corrected chi connectivity index (χ0v) is 14.8. The van der Waals surface area contributed by atoms with Crippen LogP contribution in [-0.4, -0.2) is 19.9 Å². The highest BCUT2D eigenvalue weighted by atomic mass is 79.9. The first-order valence-corrected chi connectivity index (χ1v) is 8.55. The summed E-state index contributed by atoms with van der Waals surface area (Å²) in [6, 6.07) is 17.8. The van der Waals surface area contributed by atoms with E-state index >= 15 is 0 Å². The summed E-state index contributed by atoms with van der Waals surface area (Å²) in [6.45, 7) is 0. The van der Waals surface area contributed by atoms with Crippen molar-refractivity contribution in [2.24, 2.45) is 0 Å². The topological polar surface area (TPSA) is 51.6 Å². The van der Waals surface area contributed by atoms with E-state index < -0.39 is 0 Å². The third kappa shape index (κ3) is 3.46. The highest BCUT2D eigenvalue weighted by Gasteiger charge is 2.09. The maximum Gasteiger partial charge on any atom is 0.106 e. The Morgan fingerprint density at radius 2 is 1.12 bits per heavy atom. The molecule has 0 atom stereocenters. The molecule has 0 amide bonds. The summed E-state index contributed by atoms with van der Waals surface area (Å²) in [5.41, 5.74) is 5.70.